The third-order valence-electron chi connectivity index (χ3n) is 3.72. The summed E-state index contributed by atoms with van der Waals surface area (Å²) in [6.45, 7) is 6.29. The smallest absolute Gasteiger partial charge is 0.250 e. The lowest BCUT2D eigenvalue weighted by atomic mass is 10.0. The zero-order chi connectivity index (χ0) is 19.2. The second-order valence-electron chi connectivity index (χ2n) is 6.03. The second-order valence-corrected chi connectivity index (χ2v) is 8.92. The standard InChI is InChI=1S/C18H24N2O4S2/c1-4-24-15-9-6-5-8-14(15)12-19-18(21)17(13(2)3)20-26(22,23)16-10-7-11-25-16/h5-11,13,17,20H,4,12H2,1-3H3,(H,19,21)/t17-/m0/s1. The van der Waals surface area contributed by atoms with Crippen LogP contribution in [0.1, 0.15) is 26.3 Å². The minimum atomic E-state index is -3.72. The van der Waals surface area contributed by atoms with E-state index in [9.17, 15) is 13.2 Å². The van der Waals surface area contributed by atoms with Crippen molar-refractivity contribution in [3.63, 3.8) is 0 Å². The molecular formula is C18H24N2O4S2. The molecule has 6 nitrogen and oxygen atoms in total. The monoisotopic (exact) mass is 396 g/mol. The number of thiophene rings is 1. The molecule has 0 fully saturated rings. The van der Waals surface area contributed by atoms with Crippen LogP contribution in [0, 0.1) is 5.92 Å². The number of para-hydroxylation sites is 1. The van der Waals surface area contributed by atoms with Crippen LogP contribution in [0.5, 0.6) is 5.75 Å². The zero-order valence-electron chi connectivity index (χ0n) is 15.1. The molecule has 1 atom stereocenters. The average Bonchev–Trinajstić information content (AvgIpc) is 3.14. The normalized spacial score (nSPS) is 12.8. The fourth-order valence-corrected chi connectivity index (χ4v) is 4.73. The van der Waals surface area contributed by atoms with Crippen LogP contribution in [0.2, 0.25) is 0 Å². The maximum absolute atomic E-state index is 12.6. The van der Waals surface area contributed by atoms with Crippen molar-refractivity contribution in [3.8, 4) is 5.75 Å². The largest absolute Gasteiger partial charge is 0.494 e. The molecule has 0 bridgehead atoms. The summed E-state index contributed by atoms with van der Waals surface area (Å²) in [5.74, 6) is 0.133. The fourth-order valence-electron chi connectivity index (χ4n) is 2.37. The summed E-state index contributed by atoms with van der Waals surface area (Å²) >= 11 is 1.11. The third kappa shape index (κ3) is 5.30. The molecule has 0 aliphatic heterocycles. The molecule has 142 valence electrons. The van der Waals surface area contributed by atoms with Crippen molar-refractivity contribution in [1.82, 2.24) is 10.0 Å². The molecule has 26 heavy (non-hydrogen) atoms. The Balaban J connectivity index is 2.08. The van der Waals surface area contributed by atoms with Crippen LogP contribution in [-0.4, -0.2) is 27.0 Å². The van der Waals surface area contributed by atoms with E-state index in [0.29, 0.717) is 12.4 Å². The lowest BCUT2D eigenvalue weighted by Crippen LogP contribution is -2.49. The van der Waals surface area contributed by atoms with E-state index >= 15 is 0 Å². The lowest BCUT2D eigenvalue weighted by Gasteiger charge is -2.21. The van der Waals surface area contributed by atoms with E-state index in [1.807, 2.05) is 31.2 Å². The predicted molar refractivity (Wildman–Crippen MR) is 103 cm³/mol. The van der Waals surface area contributed by atoms with Gasteiger partial charge in [0, 0.05) is 12.1 Å². The van der Waals surface area contributed by atoms with Crippen LogP contribution < -0.4 is 14.8 Å². The first-order chi connectivity index (χ1) is 12.3. The molecule has 0 saturated heterocycles. The topological polar surface area (TPSA) is 84.5 Å². The molecule has 2 N–H and O–H groups in total. The Morgan fingerprint density at radius 1 is 1.19 bits per heavy atom. The van der Waals surface area contributed by atoms with Gasteiger partial charge in [0.2, 0.25) is 5.91 Å². The molecule has 2 aromatic rings. The highest BCUT2D eigenvalue weighted by molar-refractivity contribution is 7.91. The number of carbonyl (C=O) groups is 1. The van der Waals surface area contributed by atoms with E-state index < -0.39 is 16.1 Å². The van der Waals surface area contributed by atoms with Crippen LogP contribution in [0.4, 0.5) is 0 Å². The summed E-state index contributed by atoms with van der Waals surface area (Å²) in [6, 6.07) is 9.75. The minimum absolute atomic E-state index is 0.192. The molecule has 1 amide bonds. The third-order valence-corrected chi connectivity index (χ3v) is 6.56. The number of amides is 1. The van der Waals surface area contributed by atoms with Crippen molar-refractivity contribution in [2.45, 2.75) is 37.6 Å². The van der Waals surface area contributed by atoms with E-state index in [2.05, 4.69) is 10.0 Å². The van der Waals surface area contributed by atoms with Crippen molar-refractivity contribution < 1.29 is 17.9 Å². The van der Waals surface area contributed by atoms with E-state index in [0.717, 1.165) is 16.9 Å². The molecule has 0 aliphatic carbocycles. The Kier molecular flexibility index (Phi) is 7.19. The summed E-state index contributed by atoms with van der Waals surface area (Å²) in [6.07, 6.45) is 0. The number of hydrogen-bond donors (Lipinski definition) is 2. The van der Waals surface area contributed by atoms with Gasteiger partial charge in [-0.3, -0.25) is 4.79 Å². The number of rotatable bonds is 9. The predicted octanol–water partition coefficient (Wildman–Crippen LogP) is 2.77. The van der Waals surface area contributed by atoms with Crippen LogP contribution in [0.3, 0.4) is 0 Å². The molecule has 0 saturated carbocycles. The van der Waals surface area contributed by atoms with Crippen molar-refractivity contribution >= 4 is 27.3 Å². The summed E-state index contributed by atoms with van der Waals surface area (Å²) in [5.41, 5.74) is 0.839. The second kappa shape index (κ2) is 9.16. The molecule has 0 spiro atoms. The molecule has 0 unspecified atom stereocenters. The van der Waals surface area contributed by atoms with Crippen molar-refractivity contribution in [1.29, 1.82) is 0 Å². The van der Waals surface area contributed by atoms with E-state index in [-0.39, 0.29) is 22.6 Å². The molecule has 0 aliphatic rings. The van der Waals surface area contributed by atoms with E-state index in [4.69, 9.17) is 4.74 Å². The summed E-state index contributed by atoms with van der Waals surface area (Å²) in [4.78, 5) is 12.6. The van der Waals surface area contributed by atoms with Gasteiger partial charge in [0.1, 0.15) is 16.0 Å². The highest BCUT2D eigenvalue weighted by Gasteiger charge is 2.28. The fraction of sp³-hybridized carbons (Fsp3) is 0.389. The number of benzene rings is 1. The maximum atomic E-state index is 12.6. The van der Waals surface area contributed by atoms with Gasteiger partial charge in [0.25, 0.3) is 10.0 Å². The van der Waals surface area contributed by atoms with Gasteiger partial charge >= 0.3 is 0 Å². The minimum Gasteiger partial charge on any atom is -0.494 e. The zero-order valence-corrected chi connectivity index (χ0v) is 16.7. The number of ether oxygens (including phenoxy) is 1. The molecular weight excluding hydrogens is 372 g/mol. The van der Waals surface area contributed by atoms with Crippen LogP contribution >= 0.6 is 11.3 Å². The Morgan fingerprint density at radius 3 is 2.54 bits per heavy atom. The van der Waals surface area contributed by atoms with Gasteiger partial charge in [-0.15, -0.1) is 11.3 Å². The van der Waals surface area contributed by atoms with E-state index in [1.165, 1.54) is 6.07 Å². The first-order valence-electron chi connectivity index (χ1n) is 8.39. The van der Waals surface area contributed by atoms with Crippen molar-refractivity contribution in [2.24, 2.45) is 5.92 Å². The molecule has 1 aromatic carbocycles. The Hall–Kier alpha value is -1.90. The van der Waals surface area contributed by atoms with Crippen LogP contribution in [-0.2, 0) is 21.4 Å². The van der Waals surface area contributed by atoms with Gasteiger partial charge in [-0.25, -0.2) is 8.42 Å². The van der Waals surface area contributed by atoms with Gasteiger partial charge in [-0.2, -0.15) is 4.72 Å². The SMILES string of the molecule is CCOc1ccccc1CNC(=O)[C@@H](NS(=O)(=O)c1cccs1)C(C)C. The summed E-state index contributed by atoms with van der Waals surface area (Å²) < 4.78 is 33.1. The van der Waals surface area contributed by atoms with Crippen LogP contribution in [0.15, 0.2) is 46.0 Å². The molecule has 1 aromatic heterocycles. The number of hydrogen-bond acceptors (Lipinski definition) is 5. The van der Waals surface area contributed by atoms with Crippen LogP contribution in [0.25, 0.3) is 0 Å². The molecule has 0 radical (unpaired) electrons. The Morgan fingerprint density at radius 2 is 1.92 bits per heavy atom. The van der Waals surface area contributed by atoms with Crippen molar-refractivity contribution in [2.75, 3.05) is 6.61 Å². The van der Waals surface area contributed by atoms with Gasteiger partial charge < -0.3 is 10.1 Å². The average molecular weight is 397 g/mol. The molecule has 1 heterocycles. The maximum Gasteiger partial charge on any atom is 0.250 e. The summed E-state index contributed by atoms with van der Waals surface area (Å²) in [5, 5.41) is 4.49. The molecule has 8 heteroatoms. The van der Waals surface area contributed by atoms with Gasteiger partial charge in [0.05, 0.1) is 6.61 Å². The van der Waals surface area contributed by atoms with Gasteiger partial charge in [-0.1, -0.05) is 38.1 Å². The highest BCUT2D eigenvalue weighted by Crippen LogP contribution is 2.19. The number of carbonyl (C=O) groups excluding carboxylic acids is 1. The first-order valence-corrected chi connectivity index (χ1v) is 10.8. The molecule has 2 rings (SSSR count). The lowest BCUT2D eigenvalue weighted by molar-refractivity contribution is -0.123. The van der Waals surface area contributed by atoms with Gasteiger partial charge in [-0.05, 0) is 30.4 Å². The Labute approximate surface area is 158 Å². The van der Waals surface area contributed by atoms with Gasteiger partial charge in [0.15, 0.2) is 0 Å². The number of nitrogens with one attached hydrogen (secondary N) is 2. The Bertz CT molecular complexity index is 817. The highest BCUT2D eigenvalue weighted by atomic mass is 32.2. The van der Waals surface area contributed by atoms with Crippen molar-refractivity contribution in [3.05, 3.63) is 47.3 Å². The van der Waals surface area contributed by atoms with E-state index in [1.54, 1.807) is 25.3 Å². The summed E-state index contributed by atoms with van der Waals surface area (Å²) in [7, 11) is -3.72. The first kappa shape index (κ1) is 20.4. The number of sulfonamides is 1. The quantitative estimate of drug-likeness (QED) is 0.683.